The van der Waals surface area contributed by atoms with Gasteiger partial charge in [-0.1, -0.05) is 13.8 Å². The first-order valence-corrected chi connectivity index (χ1v) is 4.80. The van der Waals surface area contributed by atoms with Crippen LogP contribution in [0.25, 0.3) is 0 Å². The van der Waals surface area contributed by atoms with E-state index < -0.39 is 0 Å². The number of hydrogen-bond acceptors (Lipinski definition) is 3. The Morgan fingerprint density at radius 1 is 1.23 bits per heavy atom. The number of hydrogen-bond donors (Lipinski definition) is 1. The average molecular weight is 184 g/mol. The highest BCUT2D eigenvalue weighted by Gasteiger charge is 1.76. The van der Waals surface area contributed by atoms with Crippen molar-refractivity contribution in [3.8, 4) is 0 Å². The lowest BCUT2D eigenvalue weighted by molar-refractivity contribution is 0.662. The Morgan fingerprint density at radius 2 is 1.85 bits per heavy atom. The van der Waals surface area contributed by atoms with Gasteiger partial charge in [-0.2, -0.15) is 5.10 Å². The molecule has 0 atom stereocenters. The summed E-state index contributed by atoms with van der Waals surface area (Å²) in [5.41, 5.74) is 0. The van der Waals surface area contributed by atoms with Gasteiger partial charge in [-0.3, -0.25) is 4.68 Å². The highest BCUT2D eigenvalue weighted by molar-refractivity contribution is 4.49. The second-order valence-electron chi connectivity index (χ2n) is 2.82. The molecule has 4 heteroatoms. The van der Waals surface area contributed by atoms with Crippen molar-refractivity contribution in [3.05, 3.63) is 12.7 Å². The molecule has 13 heavy (non-hydrogen) atoms. The molecule has 0 saturated carbocycles. The van der Waals surface area contributed by atoms with Crippen molar-refractivity contribution in [1.29, 1.82) is 0 Å². The molecule has 1 heterocycles. The Kier molecular flexibility index (Phi) is 8.55. The van der Waals surface area contributed by atoms with Crippen molar-refractivity contribution >= 4 is 0 Å². The summed E-state index contributed by atoms with van der Waals surface area (Å²) in [6.07, 6.45) is 5.64. The highest BCUT2D eigenvalue weighted by Crippen LogP contribution is 1.71. The molecule has 0 aliphatic carbocycles. The zero-order valence-electron chi connectivity index (χ0n) is 8.82. The maximum absolute atomic E-state index is 3.72. The maximum Gasteiger partial charge on any atom is 0.137 e. The molecule has 0 aliphatic rings. The summed E-state index contributed by atoms with van der Waals surface area (Å²) >= 11 is 0. The van der Waals surface area contributed by atoms with E-state index in [1.807, 2.05) is 7.05 Å². The van der Waals surface area contributed by atoms with E-state index in [0.717, 1.165) is 0 Å². The third-order valence-electron chi connectivity index (χ3n) is 1.39. The minimum atomic E-state index is 1.17. The summed E-state index contributed by atoms with van der Waals surface area (Å²) in [4.78, 5) is 3.67. The fraction of sp³-hybridized carbons (Fsp3) is 0.778. The number of nitrogens with one attached hydrogen (secondary N) is 1. The summed E-state index contributed by atoms with van der Waals surface area (Å²) in [6, 6.07) is 0. The molecule has 0 radical (unpaired) electrons. The molecular formula is C9H20N4. The number of rotatable bonds is 4. The van der Waals surface area contributed by atoms with E-state index in [2.05, 4.69) is 29.2 Å². The minimum Gasteiger partial charge on any atom is -0.317 e. The minimum absolute atomic E-state index is 1.17. The molecule has 0 aromatic carbocycles. The molecule has 0 amide bonds. The predicted octanol–water partition coefficient (Wildman–Crippen LogP) is 1.21. The molecule has 1 N–H and O–H groups in total. The van der Waals surface area contributed by atoms with E-state index >= 15 is 0 Å². The van der Waals surface area contributed by atoms with Crippen molar-refractivity contribution in [2.45, 2.75) is 26.7 Å². The van der Waals surface area contributed by atoms with Crippen LogP contribution in [0.1, 0.15) is 26.7 Å². The quantitative estimate of drug-likeness (QED) is 0.715. The first-order chi connectivity index (χ1) is 6.31. The first kappa shape index (κ1) is 12.1. The van der Waals surface area contributed by atoms with Gasteiger partial charge < -0.3 is 5.32 Å². The van der Waals surface area contributed by atoms with E-state index in [4.69, 9.17) is 0 Å². The van der Waals surface area contributed by atoms with E-state index in [0.29, 0.717) is 0 Å². The van der Waals surface area contributed by atoms with Gasteiger partial charge in [0.25, 0.3) is 0 Å². The van der Waals surface area contributed by atoms with Gasteiger partial charge in [0.05, 0.1) is 0 Å². The Balaban J connectivity index is 0.000000223. The van der Waals surface area contributed by atoms with Gasteiger partial charge >= 0.3 is 0 Å². The molecule has 0 aliphatic heterocycles. The Labute approximate surface area is 80.4 Å². The van der Waals surface area contributed by atoms with Gasteiger partial charge in [0.15, 0.2) is 0 Å². The normalized spacial score (nSPS) is 9.15. The molecule has 1 rings (SSSR count). The second-order valence-corrected chi connectivity index (χ2v) is 2.82. The number of aromatic nitrogens is 3. The second kappa shape index (κ2) is 9.19. The fourth-order valence-electron chi connectivity index (χ4n) is 0.746. The standard InChI is InChI=1S/C6H15N.C3H5N3/c1-3-5-7-6-4-2;1-6-3-4-2-5-6/h7H,3-6H2,1-2H3;2-3H,1H3. The summed E-state index contributed by atoms with van der Waals surface area (Å²) in [5.74, 6) is 0. The van der Waals surface area contributed by atoms with Crippen LogP contribution in [0, 0.1) is 0 Å². The van der Waals surface area contributed by atoms with Gasteiger partial charge in [0.2, 0.25) is 0 Å². The van der Waals surface area contributed by atoms with Crippen molar-refractivity contribution in [1.82, 2.24) is 20.1 Å². The first-order valence-electron chi connectivity index (χ1n) is 4.80. The zero-order chi connectivity index (χ0) is 9.94. The topological polar surface area (TPSA) is 42.7 Å². The lowest BCUT2D eigenvalue weighted by atomic mass is 10.4. The fourth-order valence-corrected chi connectivity index (χ4v) is 0.746. The van der Waals surface area contributed by atoms with Crippen LogP contribution >= 0.6 is 0 Å². The van der Waals surface area contributed by atoms with Gasteiger partial charge in [0.1, 0.15) is 12.7 Å². The molecule has 0 bridgehead atoms. The van der Waals surface area contributed by atoms with Crippen molar-refractivity contribution in [2.75, 3.05) is 13.1 Å². The molecule has 0 spiro atoms. The monoisotopic (exact) mass is 184 g/mol. The van der Waals surface area contributed by atoms with E-state index in [-0.39, 0.29) is 0 Å². The van der Waals surface area contributed by atoms with Crippen molar-refractivity contribution in [2.24, 2.45) is 7.05 Å². The number of aryl methyl sites for hydroxylation is 1. The van der Waals surface area contributed by atoms with Gasteiger partial charge in [-0.05, 0) is 25.9 Å². The molecule has 1 aromatic rings. The van der Waals surface area contributed by atoms with Crippen molar-refractivity contribution in [3.63, 3.8) is 0 Å². The molecule has 76 valence electrons. The van der Waals surface area contributed by atoms with Crippen LogP contribution in [0.2, 0.25) is 0 Å². The van der Waals surface area contributed by atoms with Gasteiger partial charge in [-0.15, -0.1) is 0 Å². The SMILES string of the molecule is CCCNCCC.Cn1cncn1. The lowest BCUT2D eigenvalue weighted by Gasteiger charge is -1.95. The van der Waals surface area contributed by atoms with E-state index in [9.17, 15) is 0 Å². The van der Waals surface area contributed by atoms with E-state index in [1.165, 1.54) is 32.3 Å². The summed E-state index contributed by atoms with van der Waals surface area (Å²) in [6.45, 7) is 6.72. The average Bonchev–Trinajstić information content (AvgIpc) is 2.58. The van der Waals surface area contributed by atoms with Crippen LogP contribution in [0.3, 0.4) is 0 Å². The van der Waals surface area contributed by atoms with Gasteiger partial charge in [-0.25, -0.2) is 4.98 Å². The van der Waals surface area contributed by atoms with E-state index in [1.54, 1.807) is 11.0 Å². The van der Waals surface area contributed by atoms with Gasteiger partial charge in [0, 0.05) is 7.05 Å². The summed E-state index contributed by atoms with van der Waals surface area (Å²) in [7, 11) is 1.83. The predicted molar refractivity (Wildman–Crippen MR) is 54.5 cm³/mol. The van der Waals surface area contributed by atoms with Crippen LogP contribution in [0.4, 0.5) is 0 Å². The largest absolute Gasteiger partial charge is 0.317 e. The maximum atomic E-state index is 3.72. The van der Waals surface area contributed by atoms with Crippen molar-refractivity contribution < 1.29 is 0 Å². The summed E-state index contributed by atoms with van der Waals surface area (Å²) < 4.78 is 1.64. The Hall–Kier alpha value is -0.900. The molecule has 0 unspecified atom stereocenters. The molecule has 0 saturated heterocycles. The Bertz CT molecular complexity index is 168. The molecular weight excluding hydrogens is 164 g/mol. The van der Waals surface area contributed by atoms with Crippen LogP contribution in [-0.2, 0) is 7.05 Å². The third kappa shape index (κ3) is 9.01. The molecule has 4 nitrogen and oxygen atoms in total. The smallest absolute Gasteiger partial charge is 0.137 e. The van der Waals surface area contributed by atoms with Crippen LogP contribution in [0.15, 0.2) is 12.7 Å². The zero-order valence-corrected chi connectivity index (χ0v) is 8.82. The molecule has 0 fully saturated rings. The molecule has 1 aromatic heterocycles. The summed E-state index contributed by atoms with van der Waals surface area (Å²) in [5, 5.41) is 7.01. The third-order valence-corrected chi connectivity index (χ3v) is 1.39. The Morgan fingerprint density at radius 3 is 2.08 bits per heavy atom. The van der Waals surface area contributed by atoms with Crippen LogP contribution in [-0.4, -0.2) is 27.9 Å². The lowest BCUT2D eigenvalue weighted by Crippen LogP contribution is -2.14. The van der Waals surface area contributed by atoms with Crippen LogP contribution < -0.4 is 5.32 Å². The number of nitrogens with zero attached hydrogens (tertiary/aromatic N) is 3. The van der Waals surface area contributed by atoms with Crippen LogP contribution in [0.5, 0.6) is 0 Å². The highest BCUT2D eigenvalue weighted by atomic mass is 15.3.